The molecule has 1 N–H and O–H groups in total. The molecule has 0 heterocycles. The van der Waals surface area contributed by atoms with E-state index >= 15 is 0 Å². The number of nitrogens with zero attached hydrogens (tertiary/aromatic N) is 1. The molecule has 0 saturated carbocycles. The number of likely N-dealkylation sites (N-methyl/N-ethyl adjacent to an activating group) is 1. The van der Waals surface area contributed by atoms with Crippen molar-refractivity contribution < 1.29 is 14.6 Å². The van der Waals surface area contributed by atoms with E-state index in [1.165, 1.54) is 7.11 Å². The van der Waals surface area contributed by atoms with Gasteiger partial charge in [0.15, 0.2) is 0 Å². The highest BCUT2D eigenvalue weighted by Gasteiger charge is 2.20. The molecule has 4 nitrogen and oxygen atoms in total. The van der Waals surface area contributed by atoms with Gasteiger partial charge in [-0.15, -0.1) is 0 Å². The fraction of sp³-hybridized carbons (Fsp3) is 0.533. The third kappa shape index (κ3) is 4.89. The highest BCUT2D eigenvalue weighted by Crippen LogP contribution is 2.24. The quantitative estimate of drug-likeness (QED) is 0.773. The van der Waals surface area contributed by atoms with Gasteiger partial charge in [-0.25, -0.2) is 0 Å². The average Bonchev–Trinajstić information content (AvgIpc) is 2.45. The number of aliphatic hydroxyl groups is 1. The predicted octanol–water partition coefficient (Wildman–Crippen LogP) is 2.61. The highest BCUT2D eigenvalue weighted by atomic mass is 79.9. The van der Waals surface area contributed by atoms with Crippen LogP contribution in [0.3, 0.4) is 0 Å². The van der Waals surface area contributed by atoms with Crippen LogP contribution in [0.2, 0.25) is 0 Å². The van der Waals surface area contributed by atoms with E-state index in [0.717, 1.165) is 16.6 Å². The number of methoxy groups -OCH3 is 1. The Morgan fingerprint density at radius 1 is 1.40 bits per heavy atom. The minimum Gasteiger partial charge on any atom is -0.469 e. The van der Waals surface area contributed by atoms with Gasteiger partial charge in [0.25, 0.3) is 0 Å². The first-order valence-corrected chi connectivity index (χ1v) is 7.51. The molecule has 0 radical (unpaired) electrons. The number of halogens is 1. The maximum Gasteiger partial charge on any atom is 0.309 e. The van der Waals surface area contributed by atoms with Crippen molar-refractivity contribution in [2.45, 2.75) is 20.0 Å². The normalized spacial score (nSPS) is 14.1. The van der Waals surface area contributed by atoms with E-state index in [1.807, 2.05) is 43.0 Å². The zero-order valence-corrected chi connectivity index (χ0v) is 13.8. The number of carbonyl (C=O) groups excluding carboxylic acids is 1. The van der Waals surface area contributed by atoms with Crippen LogP contribution in [-0.4, -0.2) is 42.7 Å². The van der Waals surface area contributed by atoms with Crippen molar-refractivity contribution in [1.82, 2.24) is 4.90 Å². The molecule has 2 unspecified atom stereocenters. The summed E-state index contributed by atoms with van der Waals surface area (Å²) < 4.78 is 5.62. The van der Waals surface area contributed by atoms with Crippen molar-refractivity contribution in [3.63, 3.8) is 0 Å². The second kappa shape index (κ2) is 8.39. The minimum absolute atomic E-state index is 0.202. The van der Waals surface area contributed by atoms with Crippen LogP contribution in [0.4, 0.5) is 0 Å². The molecular weight excluding hydrogens is 322 g/mol. The van der Waals surface area contributed by atoms with Gasteiger partial charge in [-0.05, 0) is 18.2 Å². The van der Waals surface area contributed by atoms with Gasteiger partial charge in [-0.3, -0.25) is 9.69 Å². The van der Waals surface area contributed by atoms with Crippen molar-refractivity contribution in [3.05, 3.63) is 34.3 Å². The summed E-state index contributed by atoms with van der Waals surface area (Å²) in [5, 5.41) is 10.3. The predicted molar refractivity (Wildman–Crippen MR) is 82.4 cm³/mol. The summed E-state index contributed by atoms with van der Waals surface area (Å²) in [6.45, 7) is 5.67. The van der Waals surface area contributed by atoms with Crippen molar-refractivity contribution in [1.29, 1.82) is 0 Å². The number of hydrogen-bond acceptors (Lipinski definition) is 4. The Kier molecular flexibility index (Phi) is 7.19. The van der Waals surface area contributed by atoms with Gasteiger partial charge in [0.1, 0.15) is 0 Å². The summed E-state index contributed by atoms with van der Waals surface area (Å²) in [6.07, 6.45) is -0.588. The van der Waals surface area contributed by atoms with E-state index in [4.69, 9.17) is 4.74 Å². The summed E-state index contributed by atoms with van der Waals surface area (Å²) in [5.41, 5.74) is 0.858. The molecule has 0 aliphatic rings. The van der Waals surface area contributed by atoms with E-state index in [1.54, 1.807) is 0 Å². The summed E-state index contributed by atoms with van der Waals surface area (Å²) in [6, 6.07) is 7.62. The molecule has 20 heavy (non-hydrogen) atoms. The van der Waals surface area contributed by atoms with Gasteiger partial charge in [-0.1, -0.05) is 48.0 Å². The van der Waals surface area contributed by atoms with Crippen LogP contribution >= 0.6 is 15.9 Å². The topological polar surface area (TPSA) is 49.8 Å². The van der Waals surface area contributed by atoms with Crippen LogP contribution in [0, 0.1) is 5.92 Å². The first kappa shape index (κ1) is 17.1. The van der Waals surface area contributed by atoms with E-state index in [2.05, 4.69) is 15.9 Å². The zero-order chi connectivity index (χ0) is 15.1. The van der Waals surface area contributed by atoms with E-state index < -0.39 is 6.10 Å². The smallest absolute Gasteiger partial charge is 0.309 e. The lowest BCUT2D eigenvalue weighted by Gasteiger charge is -2.26. The molecule has 0 bridgehead atoms. The third-order valence-electron chi connectivity index (χ3n) is 3.28. The summed E-state index contributed by atoms with van der Waals surface area (Å²) >= 11 is 3.44. The minimum atomic E-state index is -0.588. The molecule has 0 spiro atoms. The Labute approximate surface area is 128 Å². The first-order chi connectivity index (χ1) is 9.49. The van der Waals surface area contributed by atoms with E-state index in [9.17, 15) is 9.90 Å². The van der Waals surface area contributed by atoms with Crippen LogP contribution in [0.25, 0.3) is 0 Å². The van der Waals surface area contributed by atoms with E-state index in [0.29, 0.717) is 13.1 Å². The van der Waals surface area contributed by atoms with Gasteiger partial charge < -0.3 is 9.84 Å². The van der Waals surface area contributed by atoms with Crippen LogP contribution in [-0.2, 0) is 9.53 Å². The molecule has 0 aliphatic heterocycles. The molecule has 5 heteroatoms. The van der Waals surface area contributed by atoms with Gasteiger partial charge in [0.2, 0.25) is 0 Å². The number of ether oxygens (including phenoxy) is 1. The number of hydrogen-bond donors (Lipinski definition) is 1. The van der Waals surface area contributed by atoms with Crippen molar-refractivity contribution in [2.75, 3.05) is 26.7 Å². The monoisotopic (exact) mass is 343 g/mol. The molecule has 1 rings (SSSR count). The molecule has 112 valence electrons. The van der Waals surface area contributed by atoms with Gasteiger partial charge >= 0.3 is 5.97 Å². The Hall–Kier alpha value is -0.910. The third-order valence-corrected chi connectivity index (χ3v) is 4.00. The Morgan fingerprint density at radius 2 is 2.05 bits per heavy atom. The van der Waals surface area contributed by atoms with Crippen LogP contribution in [0.15, 0.2) is 28.7 Å². The zero-order valence-electron chi connectivity index (χ0n) is 12.2. The molecule has 0 fully saturated rings. The second-order valence-electron chi connectivity index (χ2n) is 4.81. The molecule has 0 aromatic heterocycles. The van der Waals surface area contributed by atoms with Gasteiger partial charge in [-0.2, -0.15) is 0 Å². The summed E-state index contributed by atoms with van der Waals surface area (Å²) in [7, 11) is 1.39. The maximum atomic E-state index is 11.5. The molecule has 1 aromatic rings. The molecule has 0 saturated heterocycles. The molecule has 0 amide bonds. The molecule has 0 aliphatic carbocycles. The fourth-order valence-electron chi connectivity index (χ4n) is 2.08. The van der Waals surface area contributed by atoms with Crippen LogP contribution in [0.1, 0.15) is 25.5 Å². The maximum absolute atomic E-state index is 11.5. The standard InChI is InChI=1S/C15H22BrNO3/c1-4-17(9-11(2)15(19)20-3)10-14(18)12-7-5-6-8-13(12)16/h5-8,11,14,18H,4,9-10H2,1-3H3. The number of rotatable bonds is 7. The Morgan fingerprint density at radius 3 is 2.60 bits per heavy atom. The van der Waals surface area contributed by atoms with E-state index in [-0.39, 0.29) is 11.9 Å². The number of carbonyl (C=O) groups is 1. The summed E-state index contributed by atoms with van der Waals surface area (Å²) in [4.78, 5) is 13.5. The lowest BCUT2D eigenvalue weighted by Crippen LogP contribution is -2.35. The Bertz CT molecular complexity index is 439. The van der Waals surface area contributed by atoms with Crippen molar-refractivity contribution >= 4 is 21.9 Å². The Balaban J connectivity index is 2.64. The number of aliphatic hydroxyl groups excluding tert-OH is 1. The van der Waals surface area contributed by atoms with Crippen LogP contribution < -0.4 is 0 Å². The average molecular weight is 344 g/mol. The van der Waals surface area contributed by atoms with Crippen molar-refractivity contribution in [3.8, 4) is 0 Å². The van der Waals surface area contributed by atoms with Crippen LogP contribution in [0.5, 0.6) is 0 Å². The largest absolute Gasteiger partial charge is 0.469 e. The fourth-order valence-corrected chi connectivity index (χ4v) is 2.63. The molecular formula is C15H22BrNO3. The van der Waals surface area contributed by atoms with Gasteiger partial charge in [0, 0.05) is 17.6 Å². The lowest BCUT2D eigenvalue weighted by molar-refractivity contribution is -0.145. The number of esters is 1. The molecule has 2 atom stereocenters. The number of benzene rings is 1. The van der Waals surface area contributed by atoms with Gasteiger partial charge in [0.05, 0.1) is 19.1 Å². The summed E-state index contributed by atoms with van der Waals surface area (Å²) in [5.74, 6) is -0.426. The second-order valence-corrected chi connectivity index (χ2v) is 5.67. The molecule has 1 aromatic carbocycles. The highest BCUT2D eigenvalue weighted by molar-refractivity contribution is 9.10. The first-order valence-electron chi connectivity index (χ1n) is 6.72. The lowest BCUT2D eigenvalue weighted by atomic mass is 10.1. The van der Waals surface area contributed by atoms with Crippen molar-refractivity contribution in [2.24, 2.45) is 5.92 Å². The SMILES string of the molecule is CCN(CC(C)C(=O)OC)CC(O)c1ccccc1Br.